The molecule has 2 heterocycles. The summed E-state index contributed by atoms with van der Waals surface area (Å²) in [7, 11) is 0. The number of carbonyl (C=O) groups is 1. The number of fused-ring (bicyclic) bond motifs is 2. The van der Waals surface area contributed by atoms with Gasteiger partial charge in [0, 0.05) is 42.5 Å². The smallest absolute Gasteiger partial charge is 0.213 e. The van der Waals surface area contributed by atoms with Crippen LogP contribution in [-0.2, 0) is 11.3 Å². The third-order valence-electron chi connectivity index (χ3n) is 10.6. The van der Waals surface area contributed by atoms with Crippen LogP contribution in [0.4, 0.5) is 5.69 Å². The molecule has 6 nitrogen and oxygen atoms in total. The summed E-state index contributed by atoms with van der Waals surface area (Å²) in [6, 6.07) is 33.1. The molecule has 0 radical (unpaired) electrons. The monoisotopic (exact) mass is 709 g/mol. The lowest BCUT2D eigenvalue weighted by Gasteiger charge is -2.28. The van der Waals surface area contributed by atoms with Gasteiger partial charge in [-0.2, -0.15) is 4.57 Å². The van der Waals surface area contributed by atoms with Crippen LogP contribution < -0.4 is 30.8 Å². The molecule has 1 aliphatic carbocycles. The van der Waals surface area contributed by atoms with Gasteiger partial charge in [0.25, 0.3) is 0 Å². The maximum atomic E-state index is 13.3. The first kappa shape index (κ1) is 34.7. The van der Waals surface area contributed by atoms with Crippen molar-refractivity contribution in [2.45, 2.75) is 46.1 Å². The number of aromatic nitrogens is 1. The molecule has 0 saturated carbocycles. The number of aliphatic hydroxyl groups excluding tert-OH is 1. The van der Waals surface area contributed by atoms with Gasteiger partial charge in [-0.15, -0.1) is 0 Å². The Morgan fingerprint density at radius 1 is 0.704 bits per heavy atom. The number of hydrogen-bond acceptors (Lipinski definition) is 5. The Morgan fingerprint density at radius 2 is 1.35 bits per heavy atom. The summed E-state index contributed by atoms with van der Waals surface area (Å²) < 4.78 is 2.22. The average Bonchev–Trinajstić information content (AvgIpc) is 3.21. The molecule has 266 valence electrons. The molecule has 0 atom stereocenters. The highest BCUT2D eigenvalue weighted by Crippen LogP contribution is 2.37. The molecule has 0 spiro atoms. The largest absolute Gasteiger partial charge is 0.506 e. The van der Waals surface area contributed by atoms with Crippen LogP contribution in [0, 0.1) is 20.9 Å². The number of Topliss-reactive ketones (excluding diaryl/α,β-unsaturated/α-hetero) is 1. The highest BCUT2D eigenvalue weighted by atomic mass is 16.3. The van der Waals surface area contributed by atoms with Gasteiger partial charge in [-0.05, 0) is 68.8 Å². The van der Waals surface area contributed by atoms with E-state index in [1.165, 1.54) is 0 Å². The number of aryl methyl sites for hydroxylation is 1. The van der Waals surface area contributed by atoms with E-state index in [9.17, 15) is 19.5 Å². The SMILES string of the molecule is CCCCN1C=CC(=CC2=C(O)C(=c3ccc(=c4ccc(=c5c(=O)c(=Cc6cc[n+](CCCC)c7ccccc67)c5=O)cc4)cc3)C2=O)c2ccccc21. The number of pyridine rings is 1. The van der Waals surface area contributed by atoms with Crippen molar-refractivity contribution in [2.24, 2.45) is 0 Å². The van der Waals surface area contributed by atoms with Gasteiger partial charge in [0.2, 0.25) is 22.2 Å². The maximum Gasteiger partial charge on any atom is 0.213 e. The minimum Gasteiger partial charge on any atom is -0.506 e. The van der Waals surface area contributed by atoms with Crippen LogP contribution in [0.2, 0.25) is 0 Å². The Hall–Kier alpha value is -6.40. The number of aliphatic hydroxyl groups is 1. The van der Waals surface area contributed by atoms with Crippen molar-refractivity contribution in [2.75, 3.05) is 11.4 Å². The van der Waals surface area contributed by atoms with Crippen molar-refractivity contribution in [3.63, 3.8) is 0 Å². The number of anilines is 1. The van der Waals surface area contributed by atoms with E-state index >= 15 is 0 Å². The molecule has 6 heteroatoms. The van der Waals surface area contributed by atoms with Gasteiger partial charge in [-0.3, -0.25) is 14.4 Å². The molecule has 2 aliphatic rings. The molecule has 1 N–H and O–H groups in total. The van der Waals surface area contributed by atoms with Crippen LogP contribution in [0.15, 0.2) is 149 Å². The Bertz CT molecular complexity index is 2920. The van der Waals surface area contributed by atoms with E-state index in [2.05, 4.69) is 35.4 Å². The molecule has 0 amide bonds. The summed E-state index contributed by atoms with van der Waals surface area (Å²) in [5.74, 6) is -0.187. The number of hydrogen-bond donors (Lipinski definition) is 1. The average molecular weight is 710 g/mol. The molecule has 8 rings (SSSR count). The van der Waals surface area contributed by atoms with Crippen LogP contribution in [-0.4, -0.2) is 17.4 Å². The first-order chi connectivity index (χ1) is 26.4. The first-order valence-electron chi connectivity index (χ1n) is 18.8. The van der Waals surface area contributed by atoms with E-state index in [0.717, 1.165) is 82.5 Å². The fourth-order valence-electron chi connectivity index (χ4n) is 7.52. The second kappa shape index (κ2) is 14.6. The summed E-state index contributed by atoms with van der Waals surface area (Å²) in [5, 5.41) is 15.5. The third kappa shape index (κ3) is 6.13. The van der Waals surface area contributed by atoms with Crippen LogP contribution in [0.5, 0.6) is 0 Å². The first-order valence-corrected chi connectivity index (χ1v) is 18.8. The van der Waals surface area contributed by atoms with E-state index < -0.39 is 0 Å². The number of allylic oxidation sites excluding steroid dienone is 5. The van der Waals surface area contributed by atoms with Gasteiger partial charge in [0.1, 0.15) is 12.3 Å². The lowest BCUT2D eigenvalue weighted by molar-refractivity contribution is -0.671. The second-order valence-corrected chi connectivity index (χ2v) is 14.0. The lowest BCUT2D eigenvalue weighted by Crippen LogP contribution is -2.49. The highest BCUT2D eigenvalue weighted by molar-refractivity contribution is 6.37. The van der Waals surface area contributed by atoms with E-state index in [1.54, 1.807) is 24.3 Å². The molecule has 1 aliphatic heterocycles. The van der Waals surface area contributed by atoms with Gasteiger partial charge >= 0.3 is 0 Å². The van der Waals surface area contributed by atoms with Crippen LogP contribution in [0.25, 0.3) is 28.1 Å². The van der Waals surface area contributed by atoms with E-state index in [1.807, 2.05) is 97.3 Å². The number of ketones is 1. The predicted octanol–water partition coefficient (Wildman–Crippen LogP) is 6.69. The summed E-state index contributed by atoms with van der Waals surface area (Å²) in [5.41, 5.74) is 5.08. The van der Waals surface area contributed by atoms with Crippen molar-refractivity contribution in [1.29, 1.82) is 0 Å². The molecule has 54 heavy (non-hydrogen) atoms. The number of rotatable bonds is 8. The summed E-state index contributed by atoms with van der Waals surface area (Å²) in [6.07, 6.45) is 13.9. The quantitative estimate of drug-likeness (QED) is 0.178. The molecular weight excluding hydrogens is 669 g/mol. The second-order valence-electron chi connectivity index (χ2n) is 14.0. The van der Waals surface area contributed by atoms with Gasteiger partial charge in [-0.25, -0.2) is 0 Å². The Labute approximate surface area is 312 Å². The van der Waals surface area contributed by atoms with Crippen molar-refractivity contribution >= 4 is 39.6 Å². The minimum absolute atomic E-state index is 0.000220. The van der Waals surface area contributed by atoms with E-state index in [-0.39, 0.29) is 32.8 Å². The standard InChI is InChI=1S/C48H40N2O4/c1-3-5-25-49-27-23-35(37-11-7-9-13-41(37)49)29-39-45(51)43(46(39)52)33-19-15-31(16-20-33)32-17-21-34(22-18-32)44-47(53)40(48(44)54)30-36-24-28-50(26-6-4-2)42-14-10-8-12-38(36)42/h7-24,27-30H,3-6,25-26H2,1-2H3/p+1. The Morgan fingerprint density at radius 3 is 2.06 bits per heavy atom. The number of para-hydroxylation sites is 2. The van der Waals surface area contributed by atoms with Gasteiger partial charge in [0.05, 0.1) is 27.0 Å². The number of benzene rings is 4. The van der Waals surface area contributed by atoms with Crippen LogP contribution in [0.1, 0.15) is 50.7 Å². The van der Waals surface area contributed by atoms with Crippen molar-refractivity contribution < 1.29 is 14.5 Å². The highest BCUT2D eigenvalue weighted by Gasteiger charge is 2.33. The van der Waals surface area contributed by atoms with Crippen LogP contribution >= 0.6 is 0 Å². The van der Waals surface area contributed by atoms with Gasteiger partial charge in [0.15, 0.2) is 6.20 Å². The van der Waals surface area contributed by atoms with Gasteiger partial charge in [-0.1, -0.05) is 106 Å². The number of nitrogens with zero attached hydrogens (tertiary/aromatic N) is 2. The van der Waals surface area contributed by atoms with E-state index in [4.69, 9.17) is 0 Å². The minimum atomic E-state index is -0.244. The molecule has 5 aromatic carbocycles. The molecule has 0 saturated heterocycles. The van der Waals surface area contributed by atoms with Crippen molar-refractivity contribution in [1.82, 2.24) is 0 Å². The fraction of sp³-hybridized carbons (Fsp3) is 0.167. The lowest BCUT2D eigenvalue weighted by atomic mass is 9.84. The number of unbranched alkanes of at least 4 members (excludes halogenated alkanes) is 2. The molecular formula is C48H41N2O4+. The molecule has 1 aromatic heterocycles. The fourth-order valence-corrected chi connectivity index (χ4v) is 7.52. The van der Waals surface area contributed by atoms with E-state index in [0.29, 0.717) is 21.6 Å². The predicted molar refractivity (Wildman–Crippen MR) is 215 cm³/mol. The Balaban J connectivity index is 1.10. The summed E-state index contributed by atoms with van der Waals surface area (Å²) in [4.78, 5) is 42.2. The van der Waals surface area contributed by atoms with Gasteiger partial charge < -0.3 is 10.0 Å². The maximum absolute atomic E-state index is 13.3. The third-order valence-corrected chi connectivity index (χ3v) is 10.6. The van der Waals surface area contributed by atoms with Crippen LogP contribution in [0.3, 0.4) is 0 Å². The topological polar surface area (TPSA) is 78.6 Å². The molecule has 6 aromatic rings. The zero-order chi connectivity index (χ0) is 37.3. The van der Waals surface area contributed by atoms with Crippen molar-refractivity contribution in [3.05, 3.63) is 202 Å². The zero-order valence-electron chi connectivity index (χ0n) is 30.5. The molecule has 0 bridgehead atoms. The van der Waals surface area contributed by atoms with Crippen molar-refractivity contribution in [3.8, 4) is 0 Å². The zero-order valence-corrected chi connectivity index (χ0v) is 30.5. The Kier molecular flexibility index (Phi) is 9.34. The molecule has 0 unspecified atom stereocenters. The summed E-state index contributed by atoms with van der Waals surface area (Å²) >= 11 is 0. The number of carbonyl (C=O) groups excluding carboxylic acids is 1. The molecule has 0 fully saturated rings. The normalized spacial score (nSPS) is 14.6. The summed E-state index contributed by atoms with van der Waals surface area (Å²) in [6.45, 7) is 6.18.